The molecular formula is C22H24N6O2S. The Labute approximate surface area is 185 Å². The minimum atomic E-state index is 0.0101. The number of benzene rings is 2. The van der Waals surface area contributed by atoms with E-state index in [1.165, 1.54) is 5.56 Å². The number of aromatic nitrogens is 3. The first kappa shape index (κ1) is 20.0. The number of thioether (sulfide) groups is 1. The largest absolute Gasteiger partial charge is 0.493 e. The molecule has 160 valence electrons. The highest BCUT2D eigenvalue weighted by molar-refractivity contribution is 8.00. The molecule has 3 aromatic rings. The summed E-state index contributed by atoms with van der Waals surface area (Å²) in [6.07, 6.45) is 0.865. The van der Waals surface area contributed by atoms with Crippen molar-refractivity contribution < 1.29 is 9.47 Å². The second kappa shape index (κ2) is 8.33. The van der Waals surface area contributed by atoms with E-state index in [4.69, 9.17) is 14.6 Å². The molecular weight excluding hydrogens is 412 g/mol. The molecule has 3 heterocycles. The lowest BCUT2D eigenvalue weighted by atomic mass is 10.0. The molecule has 5 rings (SSSR count). The smallest absolute Gasteiger partial charge is 0.212 e. The number of ether oxygens (including phenoxy) is 2. The van der Waals surface area contributed by atoms with E-state index in [-0.39, 0.29) is 17.3 Å². The third kappa shape index (κ3) is 3.69. The number of hydrazine groups is 1. The van der Waals surface area contributed by atoms with E-state index in [1.807, 2.05) is 28.9 Å². The molecule has 0 radical (unpaired) electrons. The van der Waals surface area contributed by atoms with Crippen LogP contribution >= 0.6 is 11.8 Å². The first-order chi connectivity index (χ1) is 15.2. The minimum absolute atomic E-state index is 0.0101. The predicted molar refractivity (Wildman–Crippen MR) is 120 cm³/mol. The topological polar surface area (TPSA) is 85.6 Å². The molecule has 0 spiro atoms. The zero-order valence-electron chi connectivity index (χ0n) is 17.6. The highest BCUT2D eigenvalue weighted by atomic mass is 32.2. The van der Waals surface area contributed by atoms with Crippen molar-refractivity contribution in [2.45, 2.75) is 35.8 Å². The Balaban J connectivity index is 1.46. The molecule has 0 aliphatic carbocycles. The summed E-state index contributed by atoms with van der Waals surface area (Å²) in [5, 5.41) is 14.8. The number of hydrogen-bond donors (Lipinski definition) is 2. The van der Waals surface area contributed by atoms with Crippen LogP contribution in [0.4, 0.5) is 0 Å². The van der Waals surface area contributed by atoms with Crippen LogP contribution in [0.2, 0.25) is 0 Å². The SMILES string of the molecule is COc1ccc(C2=Nn3c(nnc3C3CC(c4ccccc4)NN3)SC2C)cc1OC. The van der Waals surface area contributed by atoms with Gasteiger partial charge in [-0.2, -0.15) is 9.78 Å². The molecule has 2 aromatic carbocycles. The maximum Gasteiger partial charge on any atom is 0.212 e. The standard InChI is InChI=1S/C22H24N6O2S/c1-13-20(15-9-10-18(29-2)19(11-15)30-3)27-28-21(25-26-22(28)31-13)17-12-16(23-24-17)14-7-5-4-6-8-14/h4-11,13,16-17,23-24H,12H2,1-3H3. The van der Waals surface area contributed by atoms with Crippen LogP contribution in [-0.2, 0) is 0 Å². The number of fused-ring (bicyclic) bond motifs is 1. The maximum absolute atomic E-state index is 5.48. The van der Waals surface area contributed by atoms with E-state index in [0.29, 0.717) is 11.5 Å². The van der Waals surface area contributed by atoms with Gasteiger partial charge in [0, 0.05) is 11.6 Å². The molecule has 2 aliphatic rings. The van der Waals surface area contributed by atoms with E-state index in [1.54, 1.807) is 26.0 Å². The Morgan fingerprint density at radius 1 is 0.968 bits per heavy atom. The summed E-state index contributed by atoms with van der Waals surface area (Å²) in [6.45, 7) is 2.12. The average molecular weight is 437 g/mol. The second-order valence-corrected chi connectivity index (χ2v) is 8.82. The molecule has 1 saturated heterocycles. The number of methoxy groups -OCH3 is 2. The van der Waals surface area contributed by atoms with Crippen molar-refractivity contribution in [3.63, 3.8) is 0 Å². The molecule has 3 atom stereocenters. The minimum Gasteiger partial charge on any atom is -0.493 e. The molecule has 9 heteroatoms. The van der Waals surface area contributed by atoms with Gasteiger partial charge in [0.25, 0.3) is 0 Å². The van der Waals surface area contributed by atoms with Crippen molar-refractivity contribution >= 4 is 17.5 Å². The van der Waals surface area contributed by atoms with Crippen LogP contribution in [-0.4, -0.2) is 40.1 Å². The fourth-order valence-electron chi connectivity index (χ4n) is 3.98. The number of rotatable bonds is 5. The normalized spacial score (nSPS) is 22.7. The zero-order chi connectivity index (χ0) is 21.4. The highest BCUT2D eigenvalue weighted by Gasteiger charge is 2.33. The number of nitrogens with one attached hydrogen (secondary N) is 2. The van der Waals surface area contributed by atoms with Gasteiger partial charge in [-0.05, 0) is 37.1 Å². The monoisotopic (exact) mass is 436 g/mol. The van der Waals surface area contributed by atoms with Crippen LogP contribution < -0.4 is 20.3 Å². The lowest BCUT2D eigenvalue weighted by Gasteiger charge is -2.21. The predicted octanol–water partition coefficient (Wildman–Crippen LogP) is 3.32. The van der Waals surface area contributed by atoms with Gasteiger partial charge in [0.2, 0.25) is 5.16 Å². The Morgan fingerprint density at radius 2 is 1.74 bits per heavy atom. The van der Waals surface area contributed by atoms with Gasteiger partial charge in [0.15, 0.2) is 17.3 Å². The van der Waals surface area contributed by atoms with Crippen LogP contribution in [0.15, 0.2) is 58.8 Å². The summed E-state index contributed by atoms with van der Waals surface area (Å²) in [5.74, 6) is 2.18. The van der Waals surface area contributed by atoms with Crippen molar-refractivity contribution in [3.8, 4) is 11.5 Å². The van der Waals surface area contributed by atoms with E-state index in [9.17, 15) is 0 Å². The van der Waals surface area contributed by atoms with Crippen LogP contribution in [0.5, 0.6) is 11.5 Å². The van der Waals surface area contributed by atoms with Crippen molar-refractivity contribution in [3.05, 3.63) is 65.5 Å². The van der Waals surface area contributed by atoms with E-state index in [2.05, 4.69) is 52.2 Å². The molecule has 0 amide bonds. The van der Waals surface area contributed by atoms with Gasteiger partial charge in [0.05, 0.1) is 31.2 Å². The summed E-state index contributed by atoms with van der Waals surface area (Å²) in [4.78, 5) is 0. The molecule has 31 heavy (non-hydrogen) atoms. The Hall–Kier alpha value is -2.88. The first-order valence-corrected chi connectivity index (χ1v) is 11.0. The number of nitrogens with zero attached hydrogens (tertiary/aromatic N) is 4. The average Bonchev–Trinajstić information content (AvgIpc) is 3.45. The molecule has 2 N–H and O–H groups in total. The van der Waals surface area contributed by atoms with Gasteiger partial charge >= 0.3 is 0 Å². The molecule has 1 fully saturated rings. The van der Waals surface area contributed by atoms with E-state index >= 15 is 0 Å². The van der Waals surface area contributed by atoms with Gasteiger partial charge < -0.3 is 9.47 Å². The van der Waals surface area contributed by atoms with E-state index in [0.717, 1.165) is 28.7 Å². The summed E-state index contributed by atoms with van der Waals surface area (Å²) < 4.78 is 12.7. The van der Waals surface area contributed by atoms with Crippen molar-refractivity contribution in [1.29, 1.82) is 0 Å². The van der Waals surface area contributed by atoms with Crippen molar-refractivity contribution in [2.75, 3.05) is 14.2 Å². The van der Waals surface area contributed by atoms with Crippen molar-refractivity contribution in [2.24, 2.45) is 5.10 Å². The fourth-order valence-corrected chi connectivity index (χ4v) is 4.92. The molecule has 8 nitrogen and oxygen atoms in total. The van der Waals surface area contributed by atoms with Gasteiger partial charge in [-0.25, -0.2) is 10.9 Å². The molecule has 2 aliphatic heterocycles. The van der Waals surface area contributed by atoms with Gasteiger partial charge in [-0.15, -0.1) is 10.2 Å². The Bertz CT molecular complexity index is 1120. The van der Waals surface area contributed by atoms with Crippen molar-refractivity contribution in [1.82, 2.24) is 25.7 Å². The maximum atomic E-state index is 5.48. The third-order valence-corrected chi connectivity index (χ3v) is 6.65. The van der Waals surface area contributed by atoms with Crippen LogP contribution in [0.25, 0.3) is 0 Å². The molecule has 0 bridgehead atoms. The number of hydrogen-bond acceptors (Lipinski definition) is 8. The molecule has 1 aromatic heterocycles. The zero-order valence-corrected chi connectivity index (χ0v) is 18.4. The quantitative estimate of drug-likeness (QED) is 0.635. The summed E-state index contributed by atoms with van der Waals surface area (Å²) in [7, 11) is 3.27. The van der Waals surface area contributed by atoms with Gasteiger partial charge in [-0.1, -0.05) is 42.1 Å². The van der Waals surface area contributed by atoms with Crippen LogP contribution in [0, 0.1) is 0 Å². The lowest BCUT2D eigenvalue weighted by Crippen LogP contribution is -2.28. The Kier molecular flexibility index (Phi) is 5.39. The third-order valence-electron chi connectivity index (χ3n) is 5.61. The van der Waals surface area contributed by atoms with Gasteiger partial charge in [-0.3, -0.25) is 0 Å². The summed E-state index contributed by atoms with van der Waals surface area (Å²) in [6, 6.07) is 16.5. The van der Waals surface area contributed by atoms with Crippen LogP contribution in [0.1, 0.15) is 42.4 Å². The molecule has 3 unspecified atom stereocenters. The fraction of sp³-hybridized carbons (Fsp3) is 0.318. The van der Waals surface area contributed by atoms with Crippen LogP contribution in [0.3, 0.4) is 0 Å². The molecule has 0 saturated carbocycles. The Morgan fingerprint density at radius 3 is 2.52 bits per heavy atom. The summed E-state index contributed by atoms with van der Waals surface area (Å²) in [5.41, 5.74) is 9.93. The summed E-state index contributed by atoms with van der Waals surface area (Å²) >= 11 is 1.65. The van der Waals surface area contributed by atoms with Gasteiger partial charge in [0.1, 0.15) is 0 Å². The second-order valence-electron chi connectivity index (χ2n) is 7.51. The highest BCUT2D eigenvalue weighted by Crippen LogP contribution is 2.36. The lowest BCUT2D eigenvalue weighted by molar-refractivity contribution is 0.355. The first-order valence-electron chi connectivity index (χ1n) is 10.2. The van der Waals surface area contributed by atoms with E-state index < -0.39 is 0 Å².